The molecule has 0 radical (unpaired) electrons. The van der Waals surface area contributed by atoms with Crippen LogP contribution in [0, 0.1) is 0 Å². The van der Waals surface area contributed by atoms with Crippen LogP contribution < -0.4 is 0 Å². The SMILES string of the molecule is COC1=CCC(OC)CC1=O. The molecule has 62 valence electrons. The molecule has 3 nitrogen and oxygen atoms in total. The largest absolute Gasteiger partial charge is 0.493 e. The Hall–Kier alpha value is -0.830. The monoisotopic (exact) mass is 156 g/mol. The summed E-state index contributed by atoms with van der Waals surface area (Å²) < 4.78 is 9.89. The average molecular weight is 156 g/mol. The lowest BCUT2D eigenvalue weighted by Crippen LogP contribution is -2.22. The van der Waals surface area contributed by atoms with E-state index in [1.165, 1.54) is 7.11 Å². The predicted molar refractivity (Wildman–Crippen MR) is 40.1 cm³/mol. The van der Waals surface area contributed by atoms with Gasteiger partial charge < -0.3 is 9.47 Å². The number of rotatable bonds is 2. The van der Waals surface area contributed by atoms with Gasteiger partial charge in [0, 0.05) is 13.5 Å². The highest BCUT2D eigenvalue weighted by molar-refractivity contribution is 5.94. The molecule has 0 amide bonds. The molecular formula is C8H12O3. The second-order valence-corrected chi connectivity index (χ2v) is 2.49. The summed E-state index contributed by atoms with van der Waals surface area (Å²) in [5, 5.41) is 0. The van der Waals surface area contributed by atoms with E-state index in [0.29, 0.717) is 12.2 Å². The first-order valence-corrected chi connectivity index (χ1v) is 3.58. The Morgan fingerprint density at radius 3 is 2.73 bits per heavy atom. The van der Waals surface area contributed by atoms with Crippen LogP contribution in [0.15, 0.2) is 11.8 Å². The second-order valence-electron chi connectivity index (χ2n) is 2.49. The number of allylic oxidation sites excluding steroid dienone is 1. The summed E-state index contributed by atoms with van der Waals surface area (Å²) in [4.78, 5) is 11.1. The van der Waals surface area contributed by atoms with Crippen LogP contribution in [0.2, 0.25) is 0 Å². The first kappa shape index (κ1) is 8.27. The molecule has 0 N–H and O–H groups in total. The van der Waals surface area contributed by atoms with Gasteiger partial charge in [-0.25, -0.2) is 0 Å². The van der Waals surface area contributed by atoms with Crippen molar-refractivity contribution in [2.24, 2.45) is 0 Å². The van der Waals surface area contributed by atoms with Gasteiger partial charge in [-0.05, 0) is 12.5 Å². The molecule has 0 aromatic rings. The van der Waals surface area contributed by atoms with Gasteiger partial charge in [-0.2, -0.15) is 0 Å². The van der Waals surface area contributed by atoms with Crippen molar-refractivity contribution in [2.75, 3.05) is 14.2 Å². The molecule has 0 spiro atoms. The Morgan fingerprint density at radius 2 is 2.27 bits per heavy atom. The van der Waals surface area contributed by atoms with Gasteiger partial charge in [0.1, 0.15) is 0 Å². The molecule has 1 unspecified atom stereocenters. The van der Waals surface area contributed by atoms with Gasteiger partial charge >= 0.3 is 0 Å². The quantitative estimate of drug-likeness (QED) is 0.595. The maximum atomic E-state index is 11.1. The number of ether oxygens (including phenoxy) is 2. The molecule has 0 saturated carbocycles. The van der Waals surface area contributed by atoms with E-state index in [9.17, 15) is 4.79 Å². The molecule has 3 heteroatoms. The third kappa shape index (κ3) is 1.80. The van der Waals surface area contributed by atoms with Gasteiger partial charge in [0.15, 0.2) is 11.5 Å². The van der Waals surface area contributed by atoms with E-state index in [1.54, 1.807) is 13.2 Å². The highest BCUT2D eigenvalue weighted by Gasteiger charge is 2.21. The minimum Gasteiger partial charge on any atom is -0.493 e. The summed E-state index contributed by atoms with van der Waals surface area (Å²) >= 11 is 0. The van der Waals surface area contributed by atoms with E-state index in [2.05, 4.69) is 0 Å². The van der Waals surface area contributed by atoms with E-state index in [4.69, 9.17) is 9.47 Å². The fourth-order valence-electron chi connectivity index (χ4n) is 1.12. The third-order valence-electron chi connectivity index (χ3n) is 1.81. The van der Waals surface area contributed by atoms with Gasteiger partial charge in [-0.3, -0.25) is 4.79 Å². The van der Waals surface area contributed by atoms with Crippen LogP contribution in [0.25, 0.3) is 0 Å². The minimum atomic E-state index is 0.0330. The van der Waals surface area contributed by atoms with Crippen LogP contribution in [-0.4, -0.2) is 26.1 Å². The Kier molecular flexibility index (Phi) is 2.65. The molecule has 1 rings (SSSR count). The van der Waals surface area contributed by atoms with Gasteiger partial charge in [-0.1, -0.05) is 0 Å². The molecule has 0 aromatic heterocycles. The van der Waals surface area contributed by atoms with E-state index in [-0.39, 0.29) is 11.9 Å². The number of methoxy groups -OCH3 is 2. The van der Waals surface area contributed by atoms with Crippen molar-refractivity contribution in [2.45, 2.75) is 18.9 Å². The fraction of sp³-hybridized carbons (Fsp3) is 0.625. The van der Waals surface area contributed by atoms with Crippen molar-refractivity contribution < 1.29 is 14.3 Å². The summed E-state index contributed by atoms with van der Waals surface area (Å²) in [7, 11) is 3.13. The Bertz CT molecular complexity index is 184. The molecule has 1 atom stereocenters. The highest BCUT2D eigenvalue weighted by Crippen LogP contribution is 2.16. The highest BCUT2D eigenvalue weighted by atomic mass is 16.5. The first-order valence-electron chi connectivity index (χ1n) is 3.58. The summed E-state index contributed by atoms with van der Waals surface area (Å²) in [5.41, 5.74) is 0. The number of hydrogen-bond donors (Lipinski definition) is 0. The lowest BCUT2D eigenvalue weighted by molar-refractivity contribution is -0.121. The molecule has 0 saturated heterocycles. The van der Waals surface area contributed by atoms with Crippen LogP contribution in [0.1, 0.15) is 12.8 Å². The van der Waals surface area contributed by atoms with Crippen LogP contribution in [0.5, 0.6) is 0 Å². The van der Waals surface area contributed by atoms with E-state index < -0.39 is 0 Å². The summed E-state index contributed by atoms with van der Waals surface area (Å²) in [5.74, 6) is 0.504. The molecule has 0 fully saturated rings. The number of hydrogen-bond acceptors (Lipinski definition) is 3. The first-order chi connectivity index (χ1) is 5.27. The van der Waals surface area contributed by atoms with Crippen molar-refractivity contribution in [3.8, 4) is 0 Å². The van der Waals surface area contributed by atoms with Gasteiger partial charge in [0.05, 0.1) is 13.2 Å². The summed E-state index contributed by atoms with van der Waals surface area (Å²) in [6.07, 6.45) is 3.03. The van der Waals surface area contributed by atoms with Gasteiger partial charge in [-0.15, -0.1) is 0 Å². The van der Waals surface area contributed by atoms with Gasteiger partial charge in [0.25, 0.3) is 0 Å². The number of carbonyl (C=O) groups is 1. The van der Waals surface area contributed by atoms with Crippen molar-refractivity contribution in [3.63, 3.8) is 0 Å². The molecule has 0 aliphatic heterocycles. The maximum absolute atomic E-state index is 11.1. The van der Waals surface area contributed by atoms with Crippen LogP contribution in [0.4, 0.5) is 0 Å². The molecule has 1 aliphatic rings. The molecular weight excluding hydrogens is 144 g/mol. The number of ketones is 1. The number of Topliss-reactive ketones (excluding diaryl/α,β-unsaturated/α-hetero) is 1. The van der Waals surface area contributed by atoms with Crippen molar-refractivity contribution in [3.05, 3.63) is 11.8 Å². The maximum Gasteiger partial charge on any atom is 0.199 e. The molecule has 0 bridgehead atoms. The summed E-state index contributed by atoms with van der Waals surface area (Å²) in [6, 6.07) is 0. The Balaban J connectivity index is 2.60. The lowest BCUT2D eigenvalue weighted by atomic mass is 10.0. The zero-order chi connectivity index (χ0) is 8.27. The topological polar surface area (TPSA) is 35.5 Å². The fourth-order valence-corrected chi connectivity index (χ4v) is 1.12. The smallest absolute Gasteiger partial charge is 0.199 e. The van der Waals surface area contributed by atoms with Crippen molar-refractivity contribution in [1.29, 1.82) is 0 Å². The zero-order valence-electron chi connectivity index (χ0n) is 6.79. The van der Waals surface area contributed by atoms with Crippen LogP contribution in [-0.2, 0) is 14.3 Å². The van der Waals surface area contributed by atoms with E-state index >= 15 is 0 Å². The third-order valence-corrected chi connectivity index (χ3v) is 1.81. The van der Waals surface area contributed by atoms with Crippen LogP contribution in [0.3, 0.4) is 0 Å². The minimum absolute atomic E-state index is 0.0330. The number of carbonyl (C=O) groups excluding carboxylic acids is 1. The van der Waals surface area contributed by atoms with Gasteiger partial charge in [0.2, 0.25) is 0 Å². The van der Waals surface area contributed by atoms with Crippen molar-refractivity contribution >= 4 is 5.78 Å². The van der Waals surface area contributed by atoms with E-state index in [1.807, 2.05) is 0 Å². The summed E-state index contributed by atoms with van der Waals surface area (Å²) in [6.45, 7) is 0. The van der Waals surface area contributed by atoms with Crippen LogP contribution >= 0.6 is 0 Å². The molecule has 1 aliphatic carbocycles. The second kappa shape index (κ2) is 3.53. The Morgan fingerprint density at radius 1 is 1.55 bits per heavy atom. The normalized spacial score (nSPS) is 24.7. The lowest BCUT2D eigenvalue weighted by Gasteiger charge is -2.18. The zero-order valence-corrected chi connectivity index (χ0v) is 6.79. The standard InChI is InChI=1S/C8H12O3/c1-10-6-3-4-8(11-2)7(9)5-6/h4,6H,3,5H2,1-2H3. The Labute approximate surface area is 66.0 Å². The average Bonchev–Trinajstić information content (AvgIpc) is 2.04. The predicted octanol–water partition coefficient (Wildman–Crippen LogP) is 0.895. The molecule has 11 heavy (non-hydrogen) atoms. The van der Waals surface area contributed by atoms with Crippen molar-refractivity contribution in [1.82, 2.24) is 0 Å². The molecule has 0 aromatic carbocycles. The molecule has 0 heterocycles. The van der Waals surface area contributed by atoms with E-state index in [0.717, 1.165) is 6.42 Å².